The van der Waals surface area contributed by atoms with Gasteiger partial charge < -0.3 is 20.7 Å². The van der Waals surface area contributed by atoms with Crippen LogP contribution in [0.5, 0.6) is 0 Å². The summed E-state index contributed by atoms with van der Waals surface area (Å²) < 4.78 is 6.55. The average Bonchev–Trinajstić information content (AvgIpc) is 3.46. The largest absolute Gasteiger partial charge is 0.381 e. The van der Waals surface area contributed by atoms with Crippen molar-refractivity contribution in [1.82, 2.24) is 10.3 Å². The Labute approximate surface area is 249 Å². The molecule has 1 heterocycles. The highest BCUT2D eigenvalue weighted by atomic mass is 32.1. The van der Waals surface area contributed by atoms with Crippen molar-refractivity contribution < 1.29 is 14.3 Å². The number of benzene rings is 3. The fourth-order valence-corrected chi connectivity index (χ4v) is 6.01. The van der Waals surface area contributed by atoms with Gasteiger partial charge in [-0.3, -0.25) is 9.59 Å². The highest BCUT2D eigenvalue weighted by Gasteiger charge is 2.19. The summed E-state index contributed by atoms with van der Waals surface area (Å²) >= 11 is 1.61. The molecule has 1 aliphatic rings. The molecule has 5 rings (SSSR count). The molecule has 1 aliphatic carbocycles. The van der Waals surface area contributed by atoms with Crippen molar-refractivity contribution in [1.29, 1.82) is 5.26 Å². The number of anilines is 2. The molecule has 214 valence electrons. The Kier molecular flexibility index (Phi) is 9.39. The number of fused-ring (bicyclic) bond motifs is 1. The quantitative estimate of drug-likeness (QED) is 0.197. The van der Waals surface area contributed by atoms with E-state index < -0.39 is 0 Å². The van der Waals surface area contributed by atoms with Gasteiger partial charge in [0.1, 0.15) is 6.07 Å². The zero-order valence-electron chi connectivity index (χ0n) is 23.6. The van der Waals surface area contributed by atoms with Crippen molar-refractivity contribution in [3.63, 3.8) is 0 Å². The van der Waals surface area contributed by atoms with Crippen molar-refractivity contribution >= 4 is 44.7 Å². The number of aromatic nitrogens is 1. The van der Waals surface area contributed by atoms with E-state index in [0.717, 1.165) is 52.6 Å². The van der Waals surface area contributed by atoms with Crippen molar-refractivity contribution in [3.8, 4) is 17.2 Å². The number of nitrogens with one attached hydrogen (secondary N) is 3. The lowest BCUT2D eigenvalue weighted by atomic mass is 9.93. The highest BCUT2D eigenvalue weighted by molar-refractivity contribution is 7.16. The Morgan fingerprint density at radius 1 is 1.10 bits per heavy atom. The summed E-state index contributed by atoms with van der Waals surface area (Å²) in [4.78, 5) is 30.0. The zero-order valence-corrected chi connectivity index (χ0v) is 24.5. The molecule has 1 fully saturated rings. The van der Waals surface area contributed by atoms with Crippen LogP contribution >= 0.6 is 11.3 Å². The first-order valence-electron chi connectivity index (χ1n) is 14.0. The van der Waals surface area contributed by atoms with Gasteiger partial charge in [0, 0.05) is 37.0 Å². The molecule has 3 aromatic carbocycles. The Morgan fingerprint density at radius 3 is 2.71 bits per heavy atom. The van der Waals surface area contributed by atoms with E-state index in [4.69, 9.17) is 4.74 Å². The second kappa shape index (κ2) is 13.5. The number of hydrogen-bond donors (Lipinski definition) is 3. The molecule has 0 aliphatic heterocycles. The minimum Gasteiger partial charge on any atom is -0.381 e. The molecule has 3 N–H and O–H groups in total. The van der Waals surface area contributed by atoms with Gasteiger partial charge in [0.25, 0.3) is 5.91 Å². The highest BCUT2D eigenvalue weighted by Crippen LogP contribution is 2.31. The molecule has 2 amide bonds. The van der Waals surface area contributed by atoms with E-state index in [9.17, 15) is 14.9 Å². The van der Waals surface area contributed by atoms with Crippen molar-refractivity contribution in [3.05, 3.63) is 89.0 Å². The van der Waals surface area contributed by atoms with E-state index in [2.05, 4.69) is 46.1 Å². The summed E-state index contributed by atoms with van der Waals surface area (Å²) in [6, 6.07) is 19.0. The van der Waals surface area contributed by atoms with E-state index >= 15 is 0 Å². The number of amides is 2. The Hall–Kier alpha value is -4.36. The minimum atomic E-state index is -0.348. The van der Waals surface area contributed by atoms with Crippen LogP contribution in [-0.4, -0.2) is 42.6 Å². The molecule has 1 saturated carbocycles. The topological polar surface area (TPSA) is 116 Å². The van der Waals surface area contributed by atoms with E-state index in [-0.39, 0.29) is 17.4 Å². The maximum absolute atomic E-state index is 13.1. The van der Waals surface area contributed by atoms with Crippen molar-refractivity contribution in [2.75, 3.05) is 24.3 Å². The van der Waals surface area contributed by atoms with Gasteiger partial charge in [-0.1, -0.05) is 18.2 Å². The zero-order chi connectivity index (χ0) is 29.5. The fourth-order valence-electron chi connectivity index (χ4n) is 5.25. The van der Waals surface area contributed by atoms with E-state index in [1.165, 1.54) is 12.1 Å². The minimum absolute atomic E-state index is 0.207. The lowest BCUT2D eigenvalue weighted by Crippen LogP contribution is -2.35. The normalized spacial score (nSPS) is 16.8. The third kappa shape index (κ3) is 7.09. The molecule has 8 nitrogen and oxygen atoms in total. The summed E-state index contributed by atoms with van der Waals surface area (Å²) in [5.41, 5.74) is 7.44. The Bertz CT molecular complexity index is 1660. The number of thiazole rings is 1. The maximum Gasteiger partial charge on any atom is 0.255 e. The number of carbonyl (C=O) groups excluding carboxylic acids is 2. The second-order valence-electron chi connectivity index (χ2n) is 10.4. The molecule has 9 heteroatoms. The van der Waals surface area contributed by atoms with Gasteiger partial charge in [-0.25, -0.2) is 4.98 Å². The maximum atomic E-state index is 13.1. The third-order valence-electron chi connectivity index (χ3n) is 7.57. The van der Waals surface area contributed by atoms with E-state index in [1.54, 1.807) is 36.7 Å². The number of aryl methyl sites for hydroxylation is 1. The van der Waals surface area contributed by atoms with Crippen LogP contribution in [0, 0.1) is 18.3 Å². The number of carbonyl (C=O) groups is 2. The monoisotopic (exact) mass is 579 g/mol. The van der Waals surface area contributed by atoms with E-state index in [0.29, 0.717) is 35.6 Å². The first-order valence-corrected chi connectivity index (χ1v) is 14.8. The lowest BCUT2D eigenvalue weighted by Gasteiger charge is -2.27. The number of methoxy groups -OCH3 is 1. The predicted octanol–water partition coefficient (Wildman–Crippen LogP) is 6.44. The Morgan fingerprint density at radius 2 is 1.93 bits per heavy atom. The summed E-state index contributed by atoms with van der Waals surface area (Å²) in [5.74, 6) is -0.685. The standard InChI is InChI=1S/C33H33N5O3S/c1-21-15-31-30(36-20-42-31)18-28(21)22-5-3-6-26(17-22)37-33(40)23-8-13-29(24(16-23)19-34)38-32(39)7-4-14-35-25-9-11-27(41-2)12-10-25/h3-8,13,15-18,20,25,27,35H,9-12,14H2,1-2H3,(H,37,40)(H,38,39)/b7-4+/t25-,27-. The van der Waals surface area contributed by atoms with Gasteiger partial charge in [0.2, 0.25) is 5.91 Å². The number of ether oxygens (including phenoxy) is 1. The van der Waals surface area contributed by atoms with Crippen molar-refractivity contribution in [2.45, 2.75) is 44.8 Å². The molecule has 0 spiro atoms. The van der Waals surface area contributed by atoms with Crippen LogP contribution < -0.4 is 16.0 Å². The molecular weight excluding hydrogens is 546 g/mol. The first kappa shape index (κ1) is 29.1. The third-order valence-corrected chi connectivity index (χ3v) is 8.36. The lowest BCUT2D eigenvalue weighted by molar-refractivity contribution is -0.111. The predicted molar refractivity (Wildman–Crippen MR) is 168 cm³/mol. The fraction of sp³-hybridized carbons (Fsp3) is 0.273. The van der Waals surface area contributed by atoms with Crippen molar-refractivity contribution in [2.24, 2.45) is 0 Å². The SMILES string of the molecule is CO[C@H]1CC[C@H](NC/C=C/C(=O)Nc2ccc(C(=O)Nc3cccc(-c4cc5ncsc5cc4C)c3)cc2C#N)CC1. The van der Waals surface area contributed by atoms with Gasteiger partial charge in [-0.2, -0.15) is 5.26 Å². The smallest absolute Gasteiger partial charge is 0.255 e. The Balaban J connectivity index is 1.19. The molecule has 1 aromatic heterocycles. The van der Waals surface area contributed by atoms with Gasteiger partial charge in [-0.05, 0) is 91.8 Å². The van der Waals surface area contributed by atoms with Crippen LogP contribution in [-0.2, 0) is 9.53 Å². The van der Waals surface area contributed by atoms with Gasteiger partial charge in [-0.15, -0.1) is 11.3 Å². The number of hydrogen-bond acceptors (Lipinski definition) is 7. The second-order valence-corrected chi connectivity index (χ2v) is 11.3. The van der Waals surface area contributed by atoms with Crippen LogP contribution in [0.1, 0.15) is 47.2 Å². The molecule has 42 heavy (non-hydrogen) atoms. The molecule has 0 bridgehead atoms. The summed E-state index contributed by atoms with van der Waals surface area (Å²) in [6.07, 6.45) is 7.77. The van der Waals surface area contributed by atoms with Crippen LogP contribution in [0.25, 0.3) is 21.3 Å². The molecule has 4 aromatic rings. The van der Waals surface area contributed by atoms with Gasteiger partial charge >= 0.3 is 0 Å². The number of nitrogens with zero attached hydrogens (tertiary/aromatic N) is 2. The molecule has 0 unspecified atom stereocenters. The van der Waals surface area contributed by atoms with Crippen LogP contribution in [0.3, 0.4) is 0 Å². The van der Waals surface area contributed by atoms with Gasteiger partial charge in [0.15, 0.2) is 0 Å². The first-order chi connectivity index (χ1) is 20.4. The summed E-state index contributed by atoms with van der Waals surface area (Å²) in [5, 5.41) is 18.8. The summed E-state index contributed by atoms with van der Waals surface area (Å²) in [7, 11) is 1.76. The van der Waals surface area contributed by atoms with Gasteiger partial charge in [0.05, 0.1) is 33.1 Å². The molecule has 0 atom stereocenters. The summed E-state index contributed by atoms with van der Waals surface area (Å²) in [6.45, 7) is 2.64. The molecular formula is C33H33N5O3S. The van der Waals surface area contributed by atoms with Crippen LogP contribution in [0.2, 0.25) is 0 Å². The van der Waals surface area contributed by atoms with E-state index in [1.807, 2.05) is 29.8 Å². The molecule has 0 saturated heterocycles. The molecule has 0 radical (unpaired) electrons. The number of nitriles is 1. The van der Waals surface area contributed by atoms with Crippen LogP contribution in [0.4, 0.5) is 11.4 Å². The number of rotatable bonds is 9. The van der Waals surface area contributed by atoms with Crippen LogP contribution in [0.15, 0.2) is 72.3 Å². The average molecular weight is 580 g/mol.